The molecule has 0 radical (unpaired) electrons. The topological polar surface area (TPSA) is 94.2 Å². The van der Waals surface area contributed by atoms with Crippen molar-refractivity contribution in [3.63, 3.8) is 0 Å². The van der Waals surface area contributed by atoms with Crippen molar-refractivity contribution in [2.75, 3.05) is 38.1 Å². The van der Waals surface area contributed by atoms with Gasteiger partial charge in [-0.15, -0.1) is 0 Å². The van der Waals surface area contributed by atoms with Gasteiger partial charge >= 0.3 is 0 Å². The van der Waals surface area contributed by atoms with E-state index in [-0.39, 0.29) is 17.4 Å². The van der Waals surface area contributed by atoms with Gasteiger partial charge in [0.1, 0.15) is 11.5 Å². The number of carbonyl (C=O) groups is 1. The number of amides is 1. The Hall–Kier alpha value is -3.26. The Kier molecular flexibility index (Phi) is 5.85. The van der Waals surface area contributed by atoms with Crippen LogP contribution >= 0.6 is 0 Å². The number of para-hydroxylation sites is 1. The molecule has 2 fully saturated rings. The average molecular weight is 447 g/mol. The molecule has 8 nitrogen and oxygen atoms in total. The van der Waals surface area contributed by atoms with Crippen LogP contribution in [0.15, 0.2) is 41.2 Å². The fourth-order valence-corrected chi connectivity index (χ4v) is 5.25. The van der Waals surface area contributed by atoms with E-state index in [1.807, 2.05) is 37.3 Å². The van der Waals surface area contributed by atoms with Gasteiger partial charge in [-0.2, -0.15) is 0 Å². The number of aromatic amines is 1. The summed E-state index contributed by atoms with van der Waals surface area (Å²) >= 11 is 0. The van der Waals surface area contributed by atoms with Crippen LogP contribution in [-0.2, 0) is 0 Å². The van der Waals surface area contributed by atoms with E-state index in [4.69, 9.17) is 4.98 Å². The highest BCUT2D eigenvalue weighted by molar-refractivity contribution is 5.92. The van der Waals surface area contributed by atoms with Crippen LogP contribution in [0.25, 0.3) is 10.9 Å². The average Bonchev–Trinajstić information content (AvgIpc) is 3.34. The third kappa shape index (κ3) is 4.23. The number of rotatable bonds is 4. The number of fused-ring (bicyclic) bond motifs is 1. The summed E-state index contributed by atoms with van der Waals surface area (Å²) in [7, 11) is 1.62. The van der Waals surface area contributed by atoms with Gasteiger partial charge in [-0.25, -0.2) is 9.97 Å². The monoisotopic (exact) mass is 446 g/mol. The second-order valence-electron chi connectivity index (χ2n) is 9.05. The first-order valence-electron chi connectivity index (χ1n) is 11.7. The van der Waals surface area contributed by atoms with E-state index in [0.29, 0.717) is 17.1 Å². The van der Waals surface area contributed by atoms with Gasteiger partial charge in [0.25, 0.3) is 11.5 Å². The number of aromatic nitrogens is 3. The molecule has 0 spiro atoms. The predicted octanol–water partition coefficient (Wildman–Crippen LogP) is 2.44. The lowest BCUT2D eigenvalue weighted by molar-refractivity contribution is 0.0958. The number of likely N-dealkylation sites (tertiary alicyclic amines) is 1. The Bertz CT molecular complexity index is 1230. The van der Waals surface area contributed by atoms with Crippen molar-refractivity contribution in [3.8, 4) is 0 Å². The Balaban J connectivity index is 1.22. The molecule has 2 aromatic heterocycles. The summed E-state index contributed by atoms with van der Waals surface area (Å²) in [5, 5.41) is 3.28. The van der Waals surface area contributed by atoms with Crippen molar-refractivity contribution in [2.24, 2.45) is 0 Å². The molecular formula is C25H30N6O2. The van der Waals surface area contributed by atoms with Gasteiger partial charge in [-0.1, -0.05) is 12.1 Å². The maximum absolute atomic E-state index is 12.5. The zero-order chi connectivity index (χ0) is 22.9. The van der Waals surface area contributed by atoms with Crippen LogP contribution < -0.4 is 15.8 Å². The number of nitrogens with zero attached hydrogens (tertiary/aromatic N) is 4. The van der Waals surface area contributed by atoms with Crippen molar-refractivity contribution < 1.29 is 4.79 Å². The van der Waals surface area contributed by atoms with Crippen LogP contribution in [0.2, 0.25) is 0 Å². The molecule has 0 aliphatic carbocycles. The molecule has 1 amide bonds. The SMILES string of the molecule is CNC(=O)c1ccc(N2CCC(N3CCC(c4nc5ccccc5c(=O)[nH]4)C3)CC2)c(C)n1. The minimum atomic E-state index is -0.158. The molecule has 8 heteroatoms. The third-order valence-corrected chi connectivity index (χ3v) is 7.08. The summed E-state index contributed by atoms with van der Waals surface area (Å²) < 4.78 is 0. The number of pyridine rings is 1. The zero-order valence-electron chi connectivity index (χ0n) is 19.2. The second-order valence-corrected chi connectivity index (χ2v) is 9.05. The van der Waals surface area contributed by atoms with E-state index >= 15 is 0 Å². The number of H-pyrrole nitrogens is 1. The van der Waals surface area contributed by atoms with E-state index in [0.717, 1.165) is 68.2 Å². The molecular weight excluding hydrogens is 416 g/mol. The fraction of sp³-hybridized carbons (Fsp3) is 0.440. The van der Waals surface area contributed by atoms with Gasteiger partial charge in [-0.3, -0.25) is 14.5 Å². The highest BCUT2D eigenvalue weighted by atomic mass is 16.1. The highest BCUT2D eigenvalue weighted by Gasteiger charge is 2.33. The summed E-state index contributed by atoms with van der Waals surface area (Å²) in [6, 6.07) is 11.9. The molecule has 1 atom stereocenters. The standard InChI is InChI=1S/C25H30N6O2/c1-16-22(8-7-21(27-16)25(33)26-2)30-13-10-18(11-14-30)31-12-9-17(15-31)23-28-20-6-4-3-5-19(20)24(32)29-23/h3-8,17-18H,9-15H2,1-2H3,(H,26,33)(H,28,29,32). The van der Waals surface area contributed by atoms with Crippen molar-refractivity contribution >= 4 is 22.5 Å². The van der Waals surface area contributed by atoms with Gasteiger partial charge in [-0.05, 0) is 57.0 Å². The first kappa shape index (κ1) is 21.6. The number of nitrogens with one attached hydrogen (secondary N) is 2. The molecule has 2 aliphatic heterocycles. The lowest BCUT2D eigenvalue weighted by Gasteiger charge is -2.38. The van der Waals surface area contributed by atoms with Gasteiger partial charge in [0, 0.05) is 38.6 Å². The molecule has 2 saturated heterocycles. The zero-order valence-corrected chi connectivity index (χ0v) is 19.2. The summed E-state index contributed by atoms with van der Waals surface area (Å²) in [6.07, 6.45) is 3.20. The highest BCUT2D eigenvalue weighted by Crippen LogP contribution is 2.31. The summed E-state index contributed by atoms with van der Waals surface area (Å²) in [6.45, 7) is 5.88. The van der Waals surface area contributed by atoms with Crippen molar-refractivity contribution in [1.29, 1.82) is 0 Å². The number of hydrogen-bond acceptors (Lipinski definition) is 6. The predicted molar refractivity (Wildman–Crippen MR) is 129 cm³/mol. The maximum atomic E-state index is 12.5. The largest absolute Gasteiger partial charge is 0.370 e. The van der Waals surface area contributed by atoms with Gasteiger partial charge in [0.2, 0.25) is 0 Å². The van der Waals surface area contributed by atoms with Crippen LogP contribution in [0.3, 0.4) is 0 Å². The molecule has 33 heavy (non-hydrogen) atoms. The molecule has 4 heterocycles. The fourth-order valence-electron chi connectivity index (χ4n) is 5.25. The molecule has 0 saturated carbocycles. The Morgan fingerprint density at radius 2 is 1.85 bits per heavy atom. The lowest BCUT2D eigenvalue weighted by Crippen LogP contribution is -2.44. The molecule has 3 aromatic rings. The smallest absolute Gasteiger partial charge is 0.269 e. The van der Waals surface area contributed by atoms with E-state index in [2.05, 4.69) is 25.1 Å². The molecule has 172 valence electrons. The molecule has 5 rings (SSSR count). The molecule has 2 N–H and O–H groups in total. The first-order valence-corrected chi connectivity index (χ1v) is 11.7. The Morgan fingerprint density at radius 1 is 1.06 bits per heavy atom. The van der Waals surface area contributed by atoms with Crippen molar-refractivity contribution in [1.82, 2.24) is 25.2 Å². The Morgan fingerprint density at radius 3 is 2.61 bits per heavy atom. The summed E-state index contributed by atoms with van der Waals surface area (Å²) in [5.74, 6) is 0.926. The quantitative estimate of drug-likeness (QED) is 0.639. The molecule has 2 aliphatic rings. The van der Waals surface area contributed by atoms with Crippen LogP contribution in [0, 0.1) is 6.92 Å². The molecule has 1 aromatic carbocycles. The lowest BCUT2D eigenvalue weighted by atomic mass is 10.0. The van der Waals surface area contributed by atoms with Gasteiger partial charge < -0.3 is 15.2 Å². The Labute approximate surface area is 193 Å². The van der Waals surface area contributed by atoms with Gasteiger partial charge in [0.15, 0.2) is 0 Å². The van der Waals surface area contributed by atoms with E-state index < -0.39 is 0 Å². The minimum Gasteiger partial charge on any atom is -0.370 e. The van der Waals surface area contributed by atoms with Crippen LogP contribution in [-0.4, -0.2) is 65.0 Å². The molecule has 1 unspecified atom stereocenters. The summed E-state index contributed by atoms with van der Waals surface area (Å²) in [5.41, 5.74) is 3.18. The number of aryl methyl sites for hydroxylation is 1. The van der Waals surface area contributed by atoms with E-state index in [9.17, 15) is 9.59 Å². The number of benzene rings is 1. The maximum Gasteiger partial charge on any atom is 0.269 e. The van der Waals surface area contributed by atoms with Crippen molar-refractivity contribution in [2.45, 2.75) is 38.1 Å². The molecule has 0 bridgehead atoms. The first-order chi connectivity index (χ1) is 16.0. The van der Waals surface area contributed by atoms with E-state index in [1.165, 1.54) is 0 Å². The van der Waals surface area contributed by atoms with Crippen molar-refractivity contribution in [3.05, 3.63) is 64.0 Å². The van der Waals surface area contributed by atoms with Crippen LogP contribution in [0.1, 0.15) is 47.2 Å². The second kappa shape index (κ2) is 8.94. The number of piperidine rings is 1. The van der Waals surface area contributed by atoms with E-state index in [1.54, 1.807) is 13.1 Å². The minimum absolute atomic E-state index is 0.0474. The van der Waals surface area contributed by atoms with Gasteiger partial charge in [0.05, 0.1) is 22.3 Å². The number of anilines is 1. The number of carbonyl (C=O) groups excluding carboxylic acids is 1. The third-order valence-electron chi connectivity index (χ3n) is 7.08. The van der Waals surface area contributed by atoms with Crippen LogP contribution in [0.5, 0.6) is 0 Å². The van der Waals surface area contributed by atoms with Crippen LogP contribution in [0.4, 0.5) is 5.69 Å². The normalized spacial score (nSPS) is 19.8. The number of hydrogen-bond donors (Lipinski definition) is 2. The summed E-state index contributed by atoms with van der Waals surface area (Å²) in [4.78, 5) is 41.5.